The summed E-state index contributed by atoms with van der Waals surface area (Å²) in [4.78, 5) is 25.5. The topological polar surface area (TPSA) is 61.8 Å². The van der Waals surface area contributed by atoms with Crippen molar-refractivity contribution in [3.8, 4) is 0 Å². The van der Waals surface area contributed by atoms with Crippen molar-refractivity contribution in [3.63, 3.8) is 0 Å². The van der Waals surface area contributed by atoms with Crippen LogP contribution in [0, 0.1) is 29.1 Å². The van der Waals surface area contributed by atoms with Crippen molar-refractivity contribution in [3.05, 3.63) is 35.9 Å². The van der Waals surface area contributed by atoms with Gasteiger partial charge in [0.1, 0.15) is 12.2 Å². The Balaban J connectivity index is 1.62. The largest absolute Gasteiger partial charge is 0.462 e. The van der Waals surface area contributed by atoms with Gasteiger partial charge < -0.3 is 14.2 Å². The monoisotopic (exact) mass is 468 g/mol. The molecule has 1 heterocycles. The number of hydrogen-bond donors (Lipinski definition) is 0. The number of halogens is 3. The number of methoxy groups -OCH3 is 1. The van der Waals surface area contributed by atoms with Crippen LogP contribution in [0.15, 0.2) is 30.3 Å². The SMILES string of the molecule is CO[C@](C(=O)O[C@@H]1CC[C@]2(C)CC[C@@H]3[C@@H](OC(=O)[C@H]3C)[C@@H]2[C@@H]1C)(c1ccccc1)C(F)(F)F. The Hall–Kier alpha value is -2.09. The number of rotatable bonds is 4. The smallest absolute Gasteiger partial charge is 0.432 e. The zero-order valence-electron chi connectivity index (χ0n) is 19.4. The second-order valence-electron chi connectivity index (χ2n) is 10.2. The minimum Gasteiger partial charge on any atom is -0.462 e. The maximum atomic E-state index is 14.3. The summed E-state index contributed by atoms with van der Waals surface area (Å²) in [5.41, 5.74) is -3.65. The van der Waals surface area contributed by atoms with E-state index in [0.29, 0.717) is 12.8 Å². The molecule has 1 aromatic carbocycles. The zero-order chi connectivity index (χ0) is 24.2. The van der Waals surface area contributed by atoms with Crippen LogP contribution in [0.3, 0.4) is 0 Å². The highest BCUT2D eigenvalue weighted by Gasteiger charge is 2.65. The van der Waals surface area contributed by atoms with Crippen molar-refractivity contribution >= 4 is 11.9 Å². The number of ether oxygens (including phenoxy) is 3. The molecule has 0 aromatic heterocycles. The maximum Gasteiger partial charge on any atom is 0.432 e. The first-order chi connectivity index (χ1) is 15.5. The summed E-state index contributed by atoms with van der Waals surface area (Å²) < 4.78 is 59.1. The lowest BCUT2D eigenvalue weighted by molar-refractivity contribution is -0.280. The van der Waals surface area contributed by atoms with E-state index in [1.807, 2.05) is 13.8 Å². The van der Waals surface area contributed by atoms with Crippen molar-refractivity contribution < 1.29 is 37.0 Å². The van der Waals surface area contributed by atoms with Gasteiger partial charge in [-0.1, -0.05) is 51.1 Å². The molecule has 0 unspecified atom stereocenters. The van der Waals surface area contributed by atoms with Crippen LogP contribution in [-0.2, 0) is 29.4 Å². The summed E-state index contributed by atoms with van der Waals surface area (Å²) in [6.07, 6.45) is -3.11. The average molecular weight is 469 g/mol. The molecule has 1 aromatic rings. The Bertz CT molecular complexity index is 903. The summed E-state index contributed by atoms with van der Waals surface area (Å²) in [5.74, 6) is -2.15. The number of esters is 2. The Labute approximate surface area is 192 Å². The van der Waals surface area contributed by atoms with E-state index in [1.54, 1.807) is 6.07 Å². The Kier molecular flexibility index (Phi) is 6.04. The second kappa shape index (κ2) is 8.29. The van der Waals surface area contributed by atoms with Crippen LogP contribution in [0.5, 0.6) is 0 Å². The molecular weight excluding hydrogens is 437 g/mol. The van der Waals surface area contributed by atoms with Crippen molar-refractivity contribution in [2.75, 3.05) is 7.11 Å². The van der Waals surface area contributed by atoms with Gasteiger partial charge in [-0.3, -0.25) is 4.79 Å². The molecule has 1 aliphatic heterocycles. The van der Waals surface area contributed by atoms with Crippen LogP contribution in [0.2, 0.25) is 0 Å². The third kappa shape index (κ3) is 3.65. The minimum atomic E-state index is -5.01. The van der Waals surface area contributed by atoms with Gasteiger partial charge in [0.05, 0.1) is 5.92 Å². The molecule has 3 aliphatic rings. The highest BCUT2D eigenvalue weighted by Crippen LogP contribution is 2.58. The quantitative estimate of drug-likeness (QED) is 0.581. The molecule has 8 atom stereocenters. The highest BCUT2D eigenvalue weighted by atomic mass is 19.4. The third-order valence-electron chi connectivity index (χ3n) is 8.48. The lowest BCUT2D eigenvalue weighted by Gasteiger charge is -2.54. The van der Waals surface area contributed by atoms with Gasteiger partial charge >= 0.3 is 18.1 Å². The van der Waals surface area contributed by atoms with Crippen LogP contribution in [0.25, 0.3) is 0 Å². The van der Waals surface area contributed by atoms with Crippen LogP contribution >= 0.6 is 0 Å². The Morgan fingerprint density at radius 3 is 2.36 bits per heavy atom. The maximum absolute atomic E-state index is 14.3. The van der Waals surface area contributed by atoms with Gasteiger partial charge in [0, 0.05) is 24.5 Å². The number of hydrogen-bond acceptors (Lipinski definition) is 5. The fourth-order valence-electron chi connectivity index (χ4n) is 6.57. The zero-order valence-corrected chi connectivity index (χ0v) is 19.4. The molecule has 1 saturated heterocycles. The van der Waals surface area contributed by atoms with Crippen LogP contribution < -0.4 is 0 Å². The van der Waals surface area contributed by atoms with Crippen molar-refractivity contribution in [1.29, 1.82) is 0 Å². The van der Waals surface area contributed by atoms with Crippen LogP contribution in [0.4, 0.5) is 13.2 Å². The number of benzene rings is 1. The molecule has 5 nitrogen and oxygen atoms in total. The van der Waals surface area contributed by atoms with Gasteiger partial charge in [0.25, 0.3) is 5.60 Å². The van der Waals surface area contributed by atoms with E-state index in [9.17, 15) is 22.8 Å². The summed E-state index contributed by atoms with van der Waals surface area (Å²) in [5, 5.41) is 0. The van der Waals surface area contributed by atoms with Gasteiger partial charge in [0.15, 0.2) is 0 Å². The van der Waals surface area contributed by atoms with Crippen LogP contribution in [-0.4, -0.2) is 37.4 Å². The molecule has 0 spiro atoms. The second-order valence-corrected chi connectivity index (χ2v) is 10.2. The van der Waals surface area contributed by atoms with E-state index < -0.39 is 23.9 Å². The standard InChI is InChI=1S/C25H31F3O5/c1-14-17-10-12-23(3)13-11-18(15(2)19(23)20(17)33-21(14)29)32-22(30)24(31-4,25(26,27)28)16-8-6-5-7-9-16/h5-9,14-15,17-20H,10-13H2,1-4H3/t14-,15+,17-,18+,19-,20+,23-,24-/m0/s1. The summed E-state index contributed by atoms with van der Waals surface area (Å²) >= 11 is 0. The number of alkyl halides is 3. The van der Waals surface area contributed by atoms with E-state index in [0.717, 1.165) is 20.0 Å². The van der Waals surface area contributed by atoms with E-state index >= 15 is 0 Å². The third-order valence-corrected chi connectivity index (χ3v) is 8.48. The summed E-state index contributed by atoms with van der Waals surface area (Å²) in [7, 11) is 0.869. The Morgan fingerprint density at radius 1 is 1.12 bits per heavy atom. The first kappa shape index (κ1) is 24.0. The molecule has 0 bridgehead atoms. The summed E-state index contributed by atoms with van der Waals surface area (Å²) in [6.45, 7) is 5.92. The normalized spacial score (nSPS) is 38.0. The van der Waals surface area contributed by atoms with Gasteiger partial charge in [-0.2, -0.15) is 13.2 Å². The first-order valence-corrected chi connectivity index (χ1v) is 11.6. The number of carbonyl (C=O) groups is 2. The molecule has 0 radical (unpaired) electrons. The van der Waals surface area contributed by atoms with Crippen LogP contribution in [0.1, 0.15) is 52.0 Å². The fourth-order valence-corrected chi connectivity index (χ4v) is 6.57. The number of carbonyl (C=O) groups excluding carboxylic acids is 2. The predicted molar refractivity (Wildman–Crippen MR) is 113 cm³/mol. The van der Waals surface area contributed by atoms with E-state index in [1.165, 1.54) is 24.3 Å². The molecule has 4 rings (SSSR count). The molecule has 8 heteroatoms. The van der Waals surface area contributed by atoms with Crippen molar-refractivity contribution in [2.45, 2.75) is 70.4 Å². The summed E-state index contributed by atoms with van der Waals surface area (Å²) in [6, 6.07) is 6.84. The Morgan fingerprint density at radius 2 is 1.76 bits per heavy atom. The van der Waals surface area contributed by atoms with Gasteiger partial charge in [-0.05, 0) is 37.0 Å². The van der Waals surface area contributed by atoms with Crippen molar-refractivity contribution in [2.24, 2.45) is 29.1 Å². The van der Waals surface area contributed by atoms with Gasteiger partial charge in [0.2, 0.25) is 0 Å². The molecule has 2 aliphatic carbocycles. The van der Waals surface area contributed by atoms with E-state index in [2.05, 4.69) is 6.92 Å². The lowest BCUT2D eigenvalue weighted by Crippen LogP contribution is -2.56. The molecule has 182 valence electrons. The molecular formula is C25H31F3O5. The van der Waals surface area contributed by atoms with Gasteiger partial charge in [-0.25, -0.2) is 4.79 Å². The van der Waals surface area contributed by atoms with Crippen molar-refractivity contribution in [1.82, 2.24) is 0 Å². The lowest BCUT2D eigenvalue weighted by atomic mass is 9.52. The average Bonchev–Trinajstić information content (AvgIpc) is 3.04. The van der Waals surface area contributed by atoms with E-state index in [4.69, 9.17) is 14.2 Å². The predicted octanol–water partition coefficient (Wildman–Crippen LogP) is 5.03. The number of fused-ring (bicyclic) bond motifs is 3. The highest BCUT2D eigenvalue weighted by molar-refractivity contribution is 5.83. The molecule has 33 heavy (non-hydrogen) atoms. The van der Waals surface area contributed by atoms with E-state index in [-0.39, 0.29) is 46.7 Å². The fraction of sp³-hybridized carbons (Fsp3) is 0.680. The molecule has 3 fully saturated rings. The molecule has 0 N–H and O–H groups in total. The molecule has 2 saturated carbocycles. The minimum absolute atomic E-state index is 0.0868. The molecule has 0 amide bonds. The first-order valence-electron chi connectivity index (χ1n) is 11.6. The van der Waals surface area contributed by atoms with Gasteiger partial charge in [-0.15, -0.1) is 0 Å².